The molecule has 3 heterocycles. The molecule has 2 fully saturated rings. The normalized spacial score (nSPS) is 25.7. The molecule has 0 aromatic carbocycles. The third-order valence-electron chi connectivity index (χ3n) is 3.74. The Morgan fingerprint density at radius 2 is 2.30 bits per heavy atom. The number of thiophene rings is 1. The van der Waals surface area contributed by atoms with Gasteiger partial charge in [-0.25, -0.2) is 4.79 Å². The fourth-order valence-electron chi connectivity index (χ4n) is 2.77. The third-order valence-corrected chi connectivity index (χ3v) is 4.44. The molecule has 2 aliphatic rings. The van der Waals surface area contributed by atoms with Crippen molar-refractivity contribution >= 4 is 29.2 Å². The first-order chi connectivity index (χ1) is 9.65. The van der Waals surface area contributed by atoms with Gasteiger partial charge in [-0.2, -0.15) is 11.3 Å². The van der Waals surface area contributed by atoms with Crippen molar-refractivity contribution in [1.29, 1.82) is 0 Å². The molecule has 4 amide bonds. The molecule has 0 spiro atoms. The summed E-state index contributed by atoms with van der Waals surface area (Å²) in [5.41, 5.74) is 1.15. The predicted molar refractivity (Wildman–Crippen MR) is 73.1 cm³/mol. The number of carbonyl (C=O) groups excluding carboxylic acids is 3. The Bertz CT molecular complexity index is 543. The number of hydrogen-bond acceptors (Lipinski definition) is 4. The number of nitrogens with zero attached hydrogens (tertiary/aromatic N) is 1. The zero-order chi connectivity index (χ0) is 14.1. The number of likely N-dealkylation sites (tertiary alicyclic amines) is 1. The van der Waals surface area contributed by atoms with Gasteiger partial charge >= 0.3 is 6.03 Å². The molecule has 1 aromatic heterocycles. The van der Waals surface area contributed by atoms with Gasteiger partial charge in [0.25, 0.3) is 5.91 Å². The average molecular weight is 293 g/mol. The van der Waals surface area contributed by atoms with Gasteiger partial charge < -0.3 is 10.2 Å². The van der Waals surface area contributed by atoms with E-state index in [0.717, 1.165) is 18.4 Å². The molecular formula is C13H15N3O3S. The van der Waals surface area contributed by atoms with E-state index in [4.69, 9.17) is 0 Å². The minimum Gasteiger partial charge on any atom is -0.336 e. The lowest BCUT2D eigenvalue weighted by molar-refractivity contribution is -0.134. The fourth-order valence-corrected chi connectivity index (χ4v) is 3.48. The van der Waals surface area contributed by atoms with Crippen LogP contribution in [0.15, 0.2) is 16.8 Å². The first-order valence-electron chi connectivity index (χ1n) is 6.58. The summed E-state index contributed by atoms with van der Waals surface area (Å²) in [5, 5.41) is 8.66. The molecule has 0 bridgehead atoms. The van der Waals surface area contributed by atoms with Crippen molar-refractivity contribution in [3.63, 3.8) is 0 Å². The van der Waals surface area contributed by atoms with Gasteiger partial charge in [0, 0.05) is 6.54 Å². The molecule has 2 N–H and O–H groups in total. The quantitative estimate of drug-likeness (QED) is 0.816. The van der Waals surface area contributed by atoms with Gasteiger partial charge in [-0.15, -0.1) is 0 Å². The number of nitrogens with one attached hydrogen (secondary N) is 2. The van der Waals surface area contributed by atoms with E-state index in [9.17, 15) is 14.4 Å². The van der Waals surface area contributed by atoms with Crippen molar-refractivity contribution in [2.45, 2.75) is 31.3 Å². The second-order valence-corrected chi connectivity index (χ2v) is 5.80. The Labute approximate surface area is 120 Å². The van der Waals surface area contributed by atoms with Crippen LogP contribution in [-0.4, -0.2) is 35.3 Å². The van der Waals surface area contributed by atoms with Gasteiger partial charge in [-0.3, -0.25) is 14.9 Å². The molecule has 0 aliphatic carbocycles. The van der Waals surface area contributed by atoms with Crippen molar-refractivity contribution in [2.24, 2.45) is 0 Å². The molecule has 6 nitrogen and oxygen atoms in total. The lowest BCUT2D eigenvalue weighted by Crippen LogP contribution is -2.38. The topological polar surface area (TPSA) is 78.5 Å². The summed E-state index contributed by atoms with van der Waals surface area (Å²) in [6, 6.07) is 0.876. The van der Waals surface area contributed by atoms with Crippen molar-refractivity contribution in [3.8, 4) is 0 Å². The fraction of sp³-hybridized carbons (Fsp3) is 0.462. The van der Waals surface area contributed by atoms with Crippen LogP contribution in [0.4, 0.5) is 4.79 Å². The van der Waals surface area contributed by atoms with Gasteiger partial charge in [-0.1, -0.05) is 0 Å². The number of rotatable bonds is 3. The van der Waals surface area contributed by atoms with Crippen LogP contribution in [0.25, 0.3) is 0 Å². The number of imide groups is 1. The highest BCUT2D eigenvalue weighted by Crippen LogP contribution is 2.33. The SMILES string of the molecule is O=C1NC(=O)C(CC(=O)N2CCCC2c2ccsc2)N1. The largest absolute Gasteiger partial charge is 0.336 e. The molecular weight excluding hydrogens is 278 g/mol. The highest BCUT2D eigenvalue weighted by Gasteiger charge is 2.36. The summed E-state index contributed by atoms with van der Waals surface area (Å²) in [4.78, 5) is 36.7. The standard InChI is InChI=1S/C13H15N3O3S/c17-11(6-9-12(18)15-13(19)14-9)16-4-1-2-10(16)8-3-5-20-7-8/h3,5,7,9-10H,1-2,4,6H2,(H2,14,15,18,19). The lowest BCUT2D eigenvalue weighted by atomic mass is 10.1. The van der Waals surface area contributed by atoms with Crippen LogP contribution in [0, 0.1) is 0 Å². The molecule has 3 rings (SSSR count). The first kappa shape index (κ1) is 13.1. The Morgan fingerprint density at radius 1 is 1.45 bits per heavy atom. The van der Waals surface area contributed by atoms with Gasteiger partial charge in [0.1, 0.15) is 6.04 Å². The second-order valence-electron chi connectivity index (χ2n) is 5.02. The van der Waals surface area contributed by atoms with E-state index in [1.54, 1.807) is 11.3 Å². The smallest absolute Gasteiger partial charge is 0.322 e. The summed E-state index contributed by atoms with van der Waals surface area (Å²) in [6.07, 6.45) is 1.94. The number of hydrogen-bond donors (Lipinski definition) is 2. The van der Waals surface area contributed by atoms with Gasteiger partial charge in [0.05, 0.1) is 12.5 Å². The van der Waals surface area contributed by atoms with Crippen LogP contribution in [0.5, 0.6) is 0 Å². The van der Waals surface area contributed by atoms with E-state index in [-0.39, 0.29) is 18.4 Å². The molecule has 2 atom stereocenters. The van der Waals surface area contributed by atoms with E-state index < -0.39 is 18.0 Å². The molecule has 20 heavy (non-hydrogen) atoms. The summed E-state index contributed by atoms with van der Waals surface area (Å²) >= 11 is 1.61. The van der Waals surface area contributed by atoms with Crippen molar-refractivity contribution in [1.82, 2.24) is 15.5 Å². The molecule has 0 saturated carbocycles. The molecule has 2 unspecified atom stereocenters. The van der Waals surface area contributed by atoms with Crippen LogP contribution in [0.1, 0.15) is 30.9 Å². The van der Waals surface area contributed by atoms with E-state index in [0.29, 0.717) is 6.54 Å². The van der Waals surface area contributed by atoms with Gasteiger partial charge in [-0.05, 0) is 35.2 Å². The van der Waals surface area contributed by atoms with E-state index in [1.165, 1.54) is 0 Å². The van der Waals surface area contributed by atoms with Crippen LogP contribution in [0.2, 0.25) is 0 Å². The van der Waals surface area contributed by atoms with E-state index >= 15 is 0 Å². The maximum absolute atomic E-state index is 12.4. The monoisotopic (exact) mass is 293 g/mol. The minimum absolute atomic E-state index is 0.0260. The minimum atomic E-state index is -0.737. The first-order valence-corrected chi connectivity index (χ1v) is 7.52. The number of carbonyl (C=O) groups is 3. The molecule has 0 radical (unpaired) electrons. The van der Waals surface area contributed by atoms with Crippen LogP contribution in [-0.2, 0) is 9.59 Å². The molecule has 1 aromatic rings. The zero-order valence-corrected chi connectivity index (χ0v) is 11.6. The highest BCUT2D eigenvalue weighted by atomic mass is 32.1. The molecule has 7 heteroatoms. The number of amides is 4. The lowest BCUT2D eigenvalue weighted by Gasteiger charge is -2.25. The van der Waals surface area contributed by atoms with E-state index in [1.807, 2.05) is 16.3 Å². The van der Waals surface area contributed by atoms with Crippen molar-refractivity contribution in [2.75, 3.05) is 6.54 Å². The van der Waals surface area contributed by atoms with Crippen LogP contribution >= 0.6 is 11.3 Å². The van der Waals surface area contributed by atoms with Gasteiger partial charge in [0.2, 0.25) is 5.91 Å². The Balaban J connectivity index is 1.67. The van der Waals surface area contributed by atoms with Crippen LogP contribution < -0.4 is 10.6 Å². The molecule has 2 saturated heterocycles. The summed E-state index contributed by atoms with van der Waals surface area (Å²) in [6.45, 7) is 0.710. The molecule has 2 aliphatic heterocycles. The zero-order valence-electron chi connectivity index (χ0n) is 10.8. The predicted octanol–water partition coefficient (Wildman–Crippen LogP) is 1.01. The highest BCUT2D eigenvalue weighted by molar-refractivity contribution is 7.07. The average Bonchev–Trinajstić information content (AvgIpc) is 3.11. The maximum Gasteiger partial charge on any atom is 0.322 e. The Morgan fingerprint density at radius 3 is 2.95 bits per heavy atom. The Kier molecular flexibility index (Phi) is 3.43. The second kappa shape index (κ2) is 5.24. The van der Waals surface area contributed by atoms with Crippen LogP contribution in [0.3, 0.4) is 0 Å². The molecule has 106 valence electrons. The summed E-state index contributed by atoms with van der Waals surface area (Å²) in [5.74, 6) is -0.504. The summed E-state index contributed by atoms with van der Waals surface area (Å²) < 4.78 is 0. The van der Waals surface area contributed by atoms with Crippen molar-refractivity contribution in [3.05, 3.63) is 22.4 Å². The third kappa shape index (κ3) is 2.40. The maximum atomic E-state index is 12.4. The number of urea groups is 1. The van der Waals surface area contributed by atoms with Crippen molar-refractivity contribution < 1.29 is 14.4 Å². The van der Waals surface area contributed by atoms with E-state index in [2.05, 4.69) is 16.0 Å². The van der Waals surface area contributed by atoms with Gasteiger partial charge in [0.15, 0.2) is 0 Å². The Hall–Kier alpha value is -1.89. The summed E-state index contributed by atoms with van der Waals surface area (Å²) in [7, 11) is 0.